The van der Waals surface area contributed by atoms with Crippen molar-refractivity contribution >= 4 is 10.1 Å². The number of halogens is 3. The summed E-state index contributed by atoms with van der Waals surface area (Å²) in [4.78, 5) is 0. The highest BCUT2D eigenvalue weighted by atomic mass is 32.2. The molecule has 4 nitrogen and oxygen atoms in total. The van der Waals surface area contributed by atoms with E-state index in [1.807, 2.05) is 0 Å². The topological polar surface area (TPSA) is 68.5 Å². The van der Waals surface area contributed by atoms with Crippen molar-refractivity contribution in [2.24, 2.45) is 0 Å². The predicted octanol–water partition coefficient (Wildman–Crippen LogP) is 5.46. The average molecular weight is 416 g/mol. The van der Waals surface area contributed by atoms with Gasteiger partial charge in [-0.2, -0.15) is 13.2 Å². The zero-order valence-corrected chi connectivity index (χ0v) is 16.8. The molecular weight excluding hydrogens is 393 g/mol. The van der Waals surface area contributed by atoms with Gasteiger partial charge in [-0.15, -0.1) is 0 Å². The van der Waals surface area contributed by atoms with Crippen molar-refractivity contribution in [2.75, 3.05) is 0 Å². The van der Waals surface area contributed by atoms with Gasteiger partial charge >= 0.3 is 17.0 Å². The third kappa shape index (κ3) is 5.54. The van der Waals surface area contributed by atoms with Gasteiger partial charge in [-0.3, -0.25) is 0 Å². The van der Waals surface area contributed by atoms with Crippen LogP contribution in [-0.2, 0) is 28.4 Å². The number of rotatable bonds is 1. The number of fused-ring (bicyclic) bond motifs is 1. The SMILES string of the molecule is CC(C)(C)c1cc(-c2ccccc2)c2c([o+]1)CCCC2.O=S(=O)([O-])C(F)(F)F. The molecule has 2 aromatic rings. The van der Waals surface area contributed by atoms with Crippen molar-refractivity contribution < 1.29 is 30.6 Å². The molecule has 1 heterocycles. The maximum absolute atomic E-state index is 10.7. The van der Waals surface area contributed by atoms with Crippen molar-refractivity contribution in [3.8, 4) is 11.1 Å². The van der Waals surface area contributed by atoms with Gasteiger partial charge in [0, 0.05) is 11.6 Å². The largest absolute Gasteiger partial charge is 0.741 e. The molecule has 0 atom stereocenters. The minimum atomic E-state index is -6.09. The Morgan fingerprint density at radius 2 is 1.54 bits per heavy atom. The smallest absolute Gasteiger partial charge is 0.485 e. The van der Waals surface area contributed by atoms with Crippen LogP contribution in [0, 0.1) is 0 Å². The molecule has 154 valence electrons. The van der Waals surface area contributed by atoms with Crippen LogP contribution in [0.5, 0.6) is 0 Å². The van der Waals surface area contributed by atoms with Crippen molar-refractivity contribution in [1.29, 1.82) is 0 Å². The van der Waals surface area contributed by atoms with Crippen LogP contribution < -0.4 is 0 Å². The molecule has 0 saturated heterocycles. The number of alkyl halides is 3. The van der Waals surface area contributed by atoms with E-state index in [1.54, 1.807) is 0 Å². The summed E-state index contributed by atoms with van der Waals surface area (Å²) in [6, 6.07) is 13.0. The molecule has 1 aliphatic carbocycles. The van der Waals surface area contributed by atoms with E-state index in [2.05, 4.69) is 57.2 Å². The molecule has 0 spiro atoms. The van der Waals surface area contributed by atoms with Gasteiger partial charge < -0.3 is 4.55 Å². The summed E-state index contributed by atoms with van der Waals surface area (Å²) in [6.45, 7) is 6.65. The Kier molecular flexibility index (Phi) is 6.55. The highest BCUT2D eigenvalue weighted by molar-refractivity contribution is 7.86. The lowest BCUT2D eigenvalue weighted by Gasteiger charge is -2.16. The van der Waals surface area contributed by atoms with Gasteiger partial charge in [-0.1, -0.05) is 30.3 Å². The van der Waals surface area contributed by atoms with E-state index in [9.17, 15) is 13.2 Å². The van der Waals surface area contributed by atoms with E-state index in [1.165, 1.54) is 35.3 Å². The van der Waals surface area contributed by atoms with E-state index < -0.39 is 15.6 Å². The van der Waals surface area contributed by atoms with Crippen LogP contribution in [-0.4, -0.2) is 18.5 Å². The first-order valence-corrected chi connectivity index (χ1v) is 10.3. The van der Waals surface area contributed by atoms with Crippen molar-refractivity contribution in [1.82, 2.24) is 0 Å². The van der Waals surface area contributed by atoms with Crippen LogP contribution in [0.3, 0.4) is 0 Å². The molecule has 3 rings (SSSR count). The van der Waals surface area contributed by atoms with Crippen molar-refractivity contribution in [3.63, 3.8) is 0 Å². The van der Waals surface area contributed by atoms with Gasteiger partial charge in [0.2, 0.25) is 0 Å². The van der Waals surface area contributed by atoms with Crippen LogP contribution in [0.15, 0.2) is 40.8 Å². The lowest BCUT2D eigenvalue weighted by molar-refractivity contribution is -0.0517. The molecule has 1 aromatic carbocycles. The van der Waals surface area contributed by atoms with Crippen LogP contribution in [0.1, 0.15) is 50.7 Å². The summed E-state index contributed by atoms with van der Waals surface area (Å²) in [7, 11) is -6.09. The normalized spacial score (nSPS) is 14.7. The Morgan fingerprint density at radius 3 is 2.04 bits per heavy atom. The fourth-order valence-corrected chi connectivity index (χ4v) is 2.90. The molecule has 0 fully saturated rings. The van der Waals surface area contributed by atoms with E-state index in [0.29, 0.717) is 0 Å². The first kappa shape index (κ1) is 22.4. The molecular formula is C20H23F3O4S. The van der Waals surface area contributed by atoms with Crippen LogP contribution in [0.4, 0.5) is 13.2 Å². The Morgan fingerprint density at radius 1 is 1.00 bits per heavy atom. The Bertz CT molecular complexity index is 915. The first-order chi connectivity index (χ1) is 12.8. The Labute approximate surface area is 163 Å². The molecule has 0 bridgehead atoms. The van der Waals surface area contributed by atoms with Gasteiger partial charge in [0.1, 0.15) is 0 Å². The van der Waals surface area contributed by atoms with Gasteiger partial charge in [0.15, 0.2) is 10.1 Å². The van der Waals surface area contributed by atoms with Crippen LogP contribution in [0.2, 0.25) is 0 Å². The highest BCUT2D eigenvalue weighted by Gasteiger charge is 2.37. The molecule has 0 saturated carbocycles. The minimum absolute atomic E-state index is 0.0516. The average Bonchev–Trinajstić information content (AvgIpc) is 2.59. The number of aryl methyl sites for hydroxylation is 1. The number of benzene rings is 1. The first-order valence-electron chi connectivity index (χ1n) is 8.87. The second-order valence-electron chi connectivity index (χ2n) is 7.65. The second-order valence-corrected chi connectivity index (χ2v) is 9.02. The molecule has 8 heteroatoms. The van der Waals surface area contributed by atoms with Crippen molar-refractivity contribution in [2.45, 2.75) is 57.4 Å². The Balaban J connectivity index is 0.000000300. The third-order valence-corrected chi connectivity index (χ3v) is 4.93. The predicted molar refractivity (Wildman–Crippen MR) is 99.6 cm³/mol. The van der Waals surface area contributed by atoms with Gasteiger partial charge in [-0.25, -0.2) is 12.8 Å². The van der Waals surface area contributed by atoms with Crippen LogP contribution in [0.25, 0.3) is 11.1 Å². The fraction of sp³-hybridized carbons (Fsp3) is 0.450. The molecule has 0 unspecified atom stereocenters. The van der Waals surface area contributed by atoms with E-state index in [-0.39, 0.29) is 5.41 Å². The van der Waals surface area contributed by atoms with E-state index >= 15 is 0 Å². The quantitative estimate of drug-likeness (QED) is 0.352. The molecule has 1 aromatic heterocycles. The summed E-state index contributed by atoms with van der Waals surface area (Å²) < 4.78 is 65.1. The van der Waals surface area contributed by atoms with Crippen molar-refractivity contribution in [3.05, 3.63) is 53.5 Å². The highest BCUT2D eigenvalue weighted by Crippen LogP contribution is 2.36. The van der Waals surface area contributed by atoms with E-state index in [0.717, 1.165) is 18.6 Å². The summed E-state index contributed by atoms with van der Waals surface area (Å²) >= 11 is 0. The second kappa shape index (κ2) is 8.21. The molecule has 1 aliphatic rings. The van der Waals surface area contributed by atoms with Gasteiger partial charge in [0.05, 0.1) is 17.4 Å². The lowest BCUT2D eigenvalue weighted by atomic mass is 9.86. The van der Waals surface area contributed by atoms with Crippen LogP contribution >= 0.6 is 0 Å². The third-order valence-electron chi connectivity index (χ3n) is 4.36. The lowest BCUT2D eigenvalue weighted by Crippen LogP contribution is -2.21. The molecule has 0 radical (unpaired) electrons. The summed E-state index contributed by atoms with van der Waals surface area (Å²) in [5.41, 5.74) is -1.48. The Hall–Kier alpha value is -1.93. The zero-order chi connectivity index (χ0) is 21.2. The number of hydrogen-bond acceptors (Lipinski definition) is 3. The van der Waals surface area contributed by atoms with Gasteiger partial charge in [0.25, 0.3) is 0 Å². The van der Waals surface area contributed by atoms with Gasteiger partial charge in [-0.05, 0) is 45.6 Å². The standard InChI is InChI=1S/C19H23O.CHF3O3S/c1-19(2,3)18-13-16(14-9-5-4-6-10-14)15-11-7-8-12-17(15)20-18;2-1(3,4)8(5,6)7/h4-6,9-10,13H,7-8,11-12H2,1-3H3;(H,5,6,7)/q+1;/p-1. The summed E-state index contributed by atoms with van der Waals surface area (Å²) in [6.07, 6.45) is 4.75. The monoisotopic (exact) mass is 416 g/mol. The fourth-order valence-electron chi connectivity index (χ4n) is 2.90. The molecule has 0 aliphatic heterocycles. The van der Waals surface area contributed by atoms with E-state index in [4.69, 9.17) is 17.4 Å². The molecule has 28 heavy (non-hydrogen) atoms. The summed E-state index contributed by atoms with van der Waals surface area (Å²) in [5, 5.41) is 0. The molecule has 0 N–H and O–H groups in total. The zero-order valence-electron chi connectivity index (χ0n) is 16.0. The maximum atomic E-state index is 10.7. The number of hydrogen-bond donors (Lipinski definition) is 0. The molecule has 0 amide bonds. The maximum Gasteiger partial charge on any atom is 0.485 e. The minimum Gasteiger partial charge on any atom is -0.741 e. The summed E-state index contributed by atoms with van der Waals surface area (Å²) in [5.74, 6) is 2.31.